The zero-order valence-electron chi connectivity index (χ0n) is 10.3. The molecule has 4 heteroatoms. The van der Waals surface area contributed by atoms with Gasteiger partial charge in [0.25, 0.3) is 0 Å². The highest BCUT2D eigenvalue weighted by atomic mass is 79.9. The number of carbonyl (C=O) groups excluding carboxylic acids is 1. The summed E-state index contributed by atoms with van der Waals surface area (Å²) in [5.74, 6) is 0.550. The maximum absolute atomic E-state index is 10.7. The van der Waals surface area contributed by atoms with Crippen LogP contribution in [0.1, 0.15) is 21.5 Å². The van der Waals surface area contributed by atoms with Crippen LogP contribution in [-0.4, -0.2) is 6.29 Å². The molecule has 0 aliphatic heterocycles. The van der Waals surface area contributed by atoms with E-state index in [1.807, 2.05) is 25.1 Å². The third-order valence-corrected chi connectivity index (χ3v) is 3.49. The highest BCUT2D eigenvalue weighted by molar-refractivity contribution is 9.10. The number of ether oxygens (including phenoxy) is 1. The van der Waals surface area contributed by atoms with Crippen molar-refractivity contribution in [2.45, 2.75) is 13.5 Å². The number of benzene rings is 2. The number of halogens is 2. The molecule has 0 heterocycles. The van der Waals surface area contributed by atoms with Gasteiger partial charge in [0, 0.05) is 5.56 Å². The van der Waals surface area contributed by atoms with Crippen molar-refractivity contribution < 1.29 is 9.53 Å². The predicted molar refractivity (Wildman–Crippen MR) is 80.1 cm³/mol. The van der Waals surface area contributed by atoms with Crippen LogP contribution >= 0.6 is 27.5 Å². The predicted octanol–water partition coefficient (Wildman–Crippen LogP) is 4.80. The van der Waals surface area contributed by atoms with Crippen molar-refractivity contribution in [1.29, 1.82) is 0 Å². The molecule has 2 aromatic carbocycles. The minimum atomic E-state index is 0.420. The van der Waals surface area contributed by atoms with Gasteiger partial charge in [0.2, 0.25) is 0 Å². The number of aryl methyl sites for hydroxylation is 1. The van der Waals surface area contributed by atoms with Gasteiger partial charge in [0.05, 0.1) is 9.50 Å². The molecule has 0 atom stereocenters. The van der Waals surface area contributed by atoms with Gasteiger partial charge in [-0.3, -0.25) is 4.79 Å². The molecule has 0 fully saturated rings. The number of aldehydes is 1. The molecule has 0 aliphatic rings. The Labute approximate surface area is 125 Å². The fourth-order valence-corrected chi connectivity index (χ4v) is 2.73. The number of carbonyl (C=O) groups is 1. The lowest BCUT2D eigenvalue weighted by Crippen LogP contribution is -1.97. The Bertz CT molecular complexity index is 588. The van der Waals surface area contributed by atoms with Gasteiger partial charge in [-0.2, -0.15) is 0 Å². The summed E-state index contributed by atoms with van der Waals surface area (Å²) in [4.78, 5) is 10.7. The summed E-state index contributed by atoms with van der Waals surface area (Å²) < 4.78 is 6.39. The molecule has 0 aromatic heterocycles. The van der Waals surface area contributed by atoms with E-state index in [0.717, 1.165) is 11.8 Å². The van der Waals surface area contributed by atoms with Gasteiger partial charge in [-0.05, 0) is 40.5 Å². The first kappa shape index (κ1) is 14.1. The van der Waals surface area contributed by atoms with Crippen LogP contribution in [0, 0.1) is 6.92 Å². The number of hydrogen-bond donors (Lipinski definition) is 0. The summed E-state index contributed by atoms with van der Waals surface area (Å²) in [5.41, 5.74) is 2.77. The van der Waals surface area contributed by atoms with E-state index < -0.39 is 0 Å². The van der Waals surface area contributed by atoms with Crippen molar-refractivity contribution in [2.24, 2.45) is 0 Å². The maximum atomic E-state index is 10.7. The molecule has 0 radical (unpaired) electrons. The monoisotopic (exact) mass is 338 g/mol. The van der Waals surface area contributed by atoms with Crippen molar-refractivity contribution in [3.8, 4) is 5.75 Å². The molecular formula is C15H12BrClO2. The summed E-state index contributed by atoms with van der Waals surface area (Å²) in [7, 11) is 0. The van der Waals surface area contributed by atoms with Crippen LogP contribution in [0.15, 0.2) is 40.9 Å². The van der Waals surface area contributed by atoms with E-state index in [0.29, 0.717) is 27.4 Å². The van der Waals surface area contributed by atoms with Crippen LogP contribution in [0.4, 0.5) is 0 Å². The van der Waals surface area contributed by atoms with Crippen LogP contribution in [0.3, 0.4) is 0 Å². The minimum absolute atomic E-state index is 0.420. The summed E-state index contributed by atoms with van der Waals surface area (Å²) in [6.07, 6.45) is 0.751. The van der Waals surface area contributed by atoms with Crippen LogP contribution in [0.2, 0.25) is 5.02 Å². The lowest BCUT2D eigenvalue weighted by Gasteiger charge is -2.11. The van der Waals surface area contributed by atoms with Crippen LogP contribution in [0.5, 0.6) is 5.75 Å². The van der Waals surface area contributed by atoms with E-state index in [2.05, 4.69) is 22.0 Å². The Morgan fingerprint density at radius 2 is 2.11 bits per heavy atom. The first-order valence-electron chi connectivity index (χ1n) is 5.72. The van der Waals surface area contributed by atoms with E-state index in [4.69, 9.17) is 16.3 Å². The molecule has 0 N–H and O–H groups in total. The molecular weight excluding hydrogens is 328 g/mol. The van der Waals surface area contributed by atoms with Gasteiger partial charge < -0.3 is 4.74 Å². The van der Waals surface area contributed by atoms with Crippen molar-refractivity contribution in [3.05, 3.63) is 62.6 Å². The fraction of sp³-hybridized carbons (Fsp3) is 0.133. The van der Waals surface area contributed by atoms with Gasteiger partial charge in [-0.25, -0.2) is 0 Å². The van der Waals surface area contributed by atoms with Gasteiger partial charge in [0.1, 0.15) is 12.9 Å². The van der Waals surface area contributed by atoms with E-state index in [9.17, 15) is 4.79 Å². The molecule has 2 rings (SSSR count). The Morgan fingerprint density at radius 1 is 1.32 bits per heavy atom. The van der Waals surface area contributed by atoms with Gasteiger partial charge >= 0.3 is 0 Å². The second-order valence-electron chi connectivity index (χ2n) is 4.21. The minimum Gasteiger partial charge on any atom is -0.486 e. The van der Waals surface area contributed by atoms with Crippen LogP contribution in [-0.2, 0) is 6.61 Å². The Kier molecular flexibility index (Phi) is 4.61. The highest BCUT2D eigenvalue weighted by Gasteiger charge is 2.09. The van der Waals surface area contributed by atoms with Crippen LogP contribution < -0.4 is 4.74 Å². The second-order valence-corrected chi connectivity index (χ2v) is 5.47. The fourth-order valence-electron chi connectivity index (χ4n) is 1.74. The smallest absolute Gasteiger partial charge is 0.152 e. The lowest BCUT2D eigenvalue weighted by atomic mass is 10.1. The zero-order valence-corrected chi connectivity index (χ0v) is 12.7. The van der Waals surface area contributed by atoms with E-state index in [1.54, 1.807) is 12.1 Å². The molecule has 98 valence electrons. The van der Waals surface area contributed by atoms with Crippen molar-refractivity contribution in [1.82, 2.24) is 0 Å². The molecule has 0 saturated heterocycles. The lowest BCUT2D eigenvalue weighted by molar-refractivity contribution is 0.112. The summed E-state index contributed by atoms with van der Waals surface area (Å²) in [6, 6.07) is 11.3. The quantitative estimate of drug-likeness (QED) is 0.748. The highest BCUT2D eigenvalue weighted by Crippen LogP contribution is 2.34. The molecule has 2 nitrogen and oxygen atoms in total. The average molecular weight is 340 g/mol. The third kappa shape index (κ3) is 3.58. The second kappa shape index (κ2) is 6.22. The Morgan fingerprint density at radius 3 is 2.74 bits per heavy atom. The third-order valence-electron chi connectivity index (χ3n) is 2.62. The standard InChI is InChI=1S/C15H12BrClO2/c1-10-3-2-4-11(5-10)9-19-15-13(16)6-12(8-18)7-14(15)17/h2-8H,9H2,1H3. The maximum Gasteiger partial charge on any atom is 0.152 e. The molecule has 2 aromatic rings. The zero-order chi connectivity index (χ0) is 13.8. The SMILES string of the molecule is Cc1cccc(COc2c(Cl)cc(C=O)cc2Br)c1. The van der Waals surface area contributed by atoms with Gasteiger partial charge in [-0.1, -0.05) is 41.4 Å². The summed E-state index contributed by atoms with van der Waals surface area (Å²) >= 11 is 9.46. The molecule has 19 heavy (non-hydrogen) atoms. The molecule has 0 saturated carbocycles. The van der Waals surface area contributed by atoms with Gasteiger partial charge in [-0.15, -0.1) is 0 Å². The topological polar surface area (TPSA) is 26.3 Å². The van der Waals surface area contributed by atoms with E-state index >= 15 is 0 Å². The van der Waals surface area contributed by atoms with Crippen LogP contribution in [0.25, 0.3) is 0 Å². The van der Waals surface area contributed by atoms with E-state index in [-0.39, 0.29) is 0 Å². The average Bonchev–Trinajstić information content (AvgIpc) is 2.37. The molecule has 0 spiro atoms. The Hall–Kier alpha value is -1.32. The largest absolute Gasteiger partial charge is 0.486 e. The number of hydrogen-bond acceptors (Lipinski definition) is 2. The molecule has 0 unspecified atom stereocenters. The normalized spacial score (nSPS) is 10.3. The van der Waals surface area contributed by atoms with E-state index in [1.165, 1.54) is 5.56 Å². The first-order chi connectivity index (χ1) is 9.10. The van der Waals surface area contributed by atoms with Crippen molar-refractivity contribution in [3.63, 3.8) is 0 Å². The van der Waals surface area contributed by atoms with Crippen molar-refractivity contribution >= 4 is 33.8 Å². The first-order valence-corrected chi connectivity index (χ1v) is 6.90. The summed E-state index contributed by atoms with van der Waals surface area (Å²) in [5, 5.41) is 0.420. The Balaban J connectivity index is 2.18. The molecule has 0 amide bonds. The van der Waals surface area contributed by atoms with Crippen molar-refractivity contribution in [2.75, 3.05) is 0 Å². The molecule has 0 bridgehead atoms. The summed E-state index contributed by atoms with van der Waals surface area (Å²) in [6.45, 7) is 2.46. The number of rotatable bonds is 4. The molecule has 0 aliphatic carbocycles. The van der Waals surface area contributed by atoms with Gasteiger partial charge in [0.15, 0.2) is 5.75 Å².